The van der Waals surface area contributed by atoms with Crippen LogP contribution in [0.15, 0.2) is 4.99 Å². The van der Waals surface area contributed by atoms with Gasteiger partial charge in [-0.15, -0.1) is 24.0 Å². The van der Waals surface area contributed by atoms with Gasteiger partial charge in [0.25, 0.3) is 0 Å². The quantitative estimate of drug-likeness (QED) is 0.334. The van der Waals surface area contributed by atoms with Crippen LogP contribution in [0.2, 0.25) is 0 Å². The molecule has 96 valence electrons. The van der Waals surface area contributed by atoms with Crippen LogP contribution in [-0.2, 0) is 4.74 Å². The Morgan fingerprint density at radius 1 is 1.44 bits per heavy atom. The molecule has 5 heteroatoms. The van der Waals surface area contributed by atoms with E-state index in [4.69, 9.17) is 4.74 Å². The lowest BCUT2D eigenvalue weighted by Gasteiger charge is -2.10. The first-order valence-electron chi connectivity index (χ1n) is 5.90. The van der Waals surface area contributed by atoms with E-state index in [0.717, 1.165) is 31.6 Å². The van der Waals surface area contributed by atoms with Gasteiger partial charge in [0.1, 0.15) is 0 Å². The van der Waals surface area contributed by atoms with Crippen molar-refractivity contribution in [3.8, 4) is 0 Å². The van der Waals surface area contributed by atoms with Crippen molar-refractivity contribution in [2.45, 2.75) is 33.2 Å². The Labute approximate surface area is 116 Å². The molecule has 0 heterocycles. The molecule has 0 amide bonds. The van der Waals surface area contributed by atoms with Crippen molar-refractivity contribution in [1.82, 2.24) is 10.6 Å². The van der Waals surface area contributed by atoms with Crippen LogP contribution in [0.3, 0.4) is 0 Å². The van der Waals surface area contributed by atoms with Gasteiger partial charge in [-0.2, -0.15) is 0 Å². The van der Waals surface area contributed by atoms with Gasteiger partial charge in [-0.1, -0.05) is 6.92 Å². The first-order valence-corrected chi connectivity index (χ1v) is 5.90. The zero-order valence-electron chi connectivity index (χ0n) is 10.5. The highest BCUT2D eigenvalue weighted by atomic mass is 127. The van der Waals surface area contributed by atoms with Gasteiger partial charge in [0.15, 0.2) is 5.96 Å². The molecule has 2 unspecified atom stereocenters. The van der Waals surface area contributed by atoms with Crippen molar-refractivity contribution in [3.63, 3.8) is 0 Å². The Bertz CT molecular complexity index is 211. The lowest BCUT2D eigenvalue weighted by molar-refractivity contribution is 0.155. The number of hydrogen-bond acceptors (Lipinski definition) is 2. The summed E-state index contributed by atoms with van der Waals surface area (Å²) in [5.74, 6) is 1.72. The number of hydrogen-bond donors (Lipinski definition) is 2. The fourth-order valence-corrected chi connectivity index (χ4v) is 1.39. The smallest absolute Gasteiger partial charge is 0.191 e. The molecular formula is C11H24IN3O. The number of rotatable bonds is 6. The standard InChI is InChI=1S/C11H23N3O.HI/c1-4-12-11(13-6-7-15-5-2)14-10-8-9(10)3;/h9-10H,4-8H2,1-3H3,(H2,12,13,14);1H. The molecule has 1 saturated carbocycles. The summed E-state index contributed by atoms with van der Waals surface area (Å²) in [5, 5.41) is 6.64. The third-order valence-corrected chi connectivity index (χ3v) is 2.49. The van der Waals surface area contributed by atoms with E-state index in [1.165, 1.54) is 6.42 Å². The van der Waals surface area contributed by atoms with Crippen LogP contribution in [0, 0.1) is 5.92 Å². The van der Waals surface area contributed by atoms with Gasteiger partial charge in [0, 0.05) is 19.2 Å². The number of nitrogens with one attached hydrogen (secondary N) is 2. The zero-order chi connectivity index (χ0) is 11.1. The van der Waals surface area contributed by atoms with Crippen molar-refractivity contribution in [2.24, 2.45) is 10.9 Å². The molecule has 1 aliphatic rings. The van der Waals surface area contributed by atoms with Crippen molar-refractivity contribution in [1.29, 1.82) is 0 Å². The maximum atomic E-state index is 5.24. The molecule has 2 atom stereocenters. The van der Waals surface area contributed by atoms with Crippen LogP contribution >= 0.6 is 24.0 Å². The highest BCUT2D eigenvalue weighted by molar-refractivity contribution is 14.0. The van der Waals surface area contributed by atoms with Crippen molar-refractivity contribution >= 4 is 29.9 Å². The van der Waals surface area contributed by atoms with E-state index >= 15 is 0 Å². The van der Waals surface area contributed by atoms with Gasteiger partial charge in [-0.3, -0.25) is 4.99 Å². The Hall–Kier alpha value is -0.0400. The molecule has 0 saturated heterocycles. The topological polar surface area (TPSA) is 45.7 Å². The van der Waals surface area contributed by atoms with Gasteiger partial charge < -0.3 is 15.4 Å². The average molecular weight is 341 g/mol. The predicted molar refractivity (Wildman–Crippen MR) is 78.6 cm³/mol. The van der Waals surface area contributed by atoms with Crippen LogP contribution in [0.1, 0.15) is 27.2 Å². The van der Waals surface area contributed by atoms with Crippen molar-refractivity contribution in [3.05, 3.63) is 0 Å². The summed E-state index contributed by atoms with van der Waals surface area (Å²) in [7, 11) is 0. The second-order valence-corrected chi connectivity index (χ2v) is 3.92. The van der Waals surface area contributed by atoms with Crippen LogP contribution < -0.4 is 10.6 Å². The largest absolute Gasteiger partial charge is 0.380 e. The minimum atomic E-state index is 0. The van der Waals surface area contributed by atoms with E-state index < -0.39 is 0 Å². The molecule has 0 spiro atoms. The Morgan fingerprint density at radius 2 is 2.12 bits per heavy atom. The summed E-state index contributed by atoms with van der Waals surface area (Å²) < 4.78 is 5.24. The maximum Gasteiger partial charge on any atom is 0.191 e. The highest BCUT2D eigenvalue weighted by Gasteiger charge is 2.33. The fourth-order valence-electron chi connectivity index (χ4n) is 1.39. The fraction of sp³-hybridized carbons (Fsp3) is 0.909. The Morgan fingerprint density at radius 3 is 2.62 bits per heavy atom. The van der Waals surface area contributed by atoms with Crippen LogP contribution in [0.25, 0.3) is 0 Å². The normalized spacial score (nSPS) is 23.6. The molecule has 4 nitrogen and oxygen atoms in total. The van der Waals surface area contributed by atoms with Crippen LogP contribution in [0.5, 0.6) is 0 Å². The number of ether oxygens (including phenoxy) is 1. The van der Waals surface area contributed by atoms with Gasteiger partial charge in [-0.25, -0.2) is 0 Å². The third-order valence-electron chi connectivity index (χ3n) is 2.49. The maximum absolute atomic E-state index is 5.24. The number of aliphatic imine (C=N–C) groups is 1. The second-order valence-electron chi connectivity index (χ2n) is 3.92. The van der Waals surface area contributed by atoms with Crippen molar-refractivity contribution < 1.29 is 4.74 Å². The van der Waals surface area contributed by atoms with Crippen molar-refractivity contribution in [2.75, 3.05) is 26.3 Å². The second kappa shape index (κ2) is 9.04. The third kappa shape index (κ3) is 6.52. The summed E-state index contributed by atoms with van der Waals surface area (Å²) in [5.41, 5.74) is 0. The molecular weight excluding hydrogens is 317 g/mol. The molecule has 1 rings (SSSR count). The lowest BCUT2D eigenvalue weighted by atomic mass is 10.5. The van der Waals surface area contributed by atoms with E-state index in [2.05, 4.69) is 29.5 Å². The lowest BCUT2D eigenvalue weighted by Crippen LogP contribution is -2.39. The molecule has 0 aromatic heterocycles. The minimum Gasteiger partial charge on any atom is -0.380 e. The first kappa shape index (κ1) is 16.0. The first-order chi connectivity index (χ1) is 7.27. The Balaban J connectivity index is 0.00000225. The molecule has 1 aliphatic carbocycles. The minimum absolute atomic E-state index is 0. The summed E-state index contributed by atoms with van der Waals surface area (Å²) in [6.45, 7) is 9.43. The van der Waals surface area contributed by atoms with E-state index in [9.17, 15) is 0 Å². The van der Waals surface area contributed by atoms with E-state index in [0.29, 0.717) is 12.6 Å². The van der Waals surface area contributed by atoms with E-state index in [1.54, 1.807) is 0 Å². The summed E-state index contributed by atoms with van der Waals surface area (Å²) in [6, 6.07) is 0.620. The molecule has 0 bridgehead atoms. The Kier molecular flexibility index (Phi) is 9.02. The summed E-state index contributed by atoms with van der Waals surface area (Å²) in [4.78, 5) is 4.44. The molecule has 16 heavy (non-hydrogen) atoms. The molecule has 0 aromatic carbocycles. The van der Waals surface area contributed by atoms with Gasteiger partial charge >= 0.3 is 0 Å². The van der Waals surface area contributed by atoms with E-state index in [-0.39, 0.29) is 24.0 Å². The number of halogens is 1. The van der Waals surface area contributed by atoms with Gasteiger partial charge in [0.05, 0.1) is 13.2 Å². The number of guanidine groups is 1. The molecule has 2 N–H and O–H groups in total. The zero-order valence-corrected chi connectivity index (χ0v) is 12.8. The molecule has 0 aliphatic heterocycles. The predicted octanol–water partition coefficient (Wildman–Crippen LogP) is 1.60. The molecule has 1 fully saturated rings. The average Bonchev–Trinajstić information content (AvgIpc) is 2.89. The van der Waals surface area contributed by atoms with Gasteiger partial charge in [0.2, 0.25) is 0 Å². The summed E-state index contributed by atoms with van der Waals surface area (Å²) in [6.07, 6.45) is 1.26. The van der Waals surface area contributed by atoms with Gasteiger partial charge in [-0.05, 0) is 26.2 Å². The SMILES string of the molecule is CCNC(=NCCOCC)NC1CC1C.I. The molecule has 0 aromatic rings. The van der Waals surface area contributed by atoms with Crippen LogP contribution in [0.4, 0.5) is 0 Å². The molecule has 0 radical (unpaired) electrons. The van der Waals surface area contributed by atoms with Crippen LogP contribution in [-0.4, -0.2) is 38.3 Å². The summed E-state index contributed by atoms with van der Waals surface area (Å²) >= 11 is 0. The monoisotopic (exact) mass is 341 g/mol. The number of nitrogens with zero attached hydrogens (tertiary/aromatic N) is 1. The van der Waals surface area contributed by atoms with E-state index in [1.807, 2.05) is 6.92 Å². The highest BCUT2D eigenvalue weighted by Crippen LogP contribution is 2.28.